The van der Waals surface area contributed by atoms with E-state index >= 15 is 0 Å². The van der Waals surface area contributed by atoms with Crippen LogP contribution in [0.2, 0.25) is 0 Å². The number of benzene rings is 2. The Bertz CT molecular complexity index is 789. The first-order valence-corrected chi connectivity index (χ1v) is 7.98. The summed E-state index contributed by atoms with van der Waals surface area (Å²) in [7, 11) is 0. The highest BCUT2D eigenvalue weighted by Crippen LogP contribution is 2.43. The van der Waals surface area contributed by atoms with Crippen LogP contribution < -0.4 is 9.47 Å². The molecule has 1 N–H and O–H groups in total. The highest BCUT2D eigenvalue weighted by molar-refractivity contribution is 5.69. The highest BCUT2D eigenvalue weighted by Gasteiger charge is 2.29. The lowest BCUT2D eigenvalue weighted by Crippen LogP contribution is -2.28. The molecule has 0 aromatic heterocycles. The van der Waals surface area contributed by atoms with Crippen LogP contribution in [0.5, 0.6) is 17.2 Å². The van der Waals surface area contributed by atoms with Crippen molar-refractivity contribution in [1.82, 2.24) is 0 Å². The highest BCUT2D eigenvalue weighted by atomic mass is 16.5. The Balaban J connectivity index is 1.69. The number of rotatable bonds is 1. The van der Waals surface area contributed by atoms with Gasteiger partial charge in [-0.25, -0.2) is 0 Å². The van der Waals surface area contributed by atoms with E-state index in [1.165, 1.54) is 0 Å². The van der Waals surface area contributed by atoms with Gasteiger partial charge in [0.05, 0.1) is 12.2 Å². The van der Waals surface area contributed by atoms with Crippen LogP contribution in [0.15, 0.2) is 42.5 Å². The topological polar surface area (TPSA) is 38.7 Å². The molecule has 3 heteroatoms. The van der Waals surface area contributed by atoms with Crippen LogP contribution in [0.1, 0.15) is 36.5 Å². The SMILES string of the molecule is CC1(C)C=Cc2c(ccc3c2OCC(c2ccccc2O)C3)O1. The van der Waals surface area contributed by atoms with Crippen LogP contribution in [0.4, 0.5) is 0 Å². The van der Waals surface area contributed by atoms with Crippen LogP contribution in [0, 0.1) is 0 Å². The Labute approximate surface area is 136 Å². The van der Waals surface area contributed by atoms with E-state index in [9.17, 15) is 5.11 Å². The summed E-state index contributed by atoms with van der Waals surface area (Å²) in [6, 6.07) is 11.6. The molecule has 0 aliphatic carbocycles. The Hall–Kier alpha value is -2.42. The third kappa shape index (κ3) is 2.46. The average molecular weight is 308 g/mol. The number of para-hydroxylation sites is 1. The molecule has 4 rings (SSSR count). The monoisotopic (exact) mass is 308 g/mol. The van der Waals surface area contributed by atoms with Gasteiger partial charge in [-0.15, -0.1) is 0 Å². The zero-order chi connectivity index (χ0) is 16.0. The average Bonchev–Trinajstić information content (AvgIpc) is 2.53. The minimum absolute atomic E-state index is 0.173. The van der Waals surface area contributed by atoms with Crippen molar-refractivity contribution < 1.29 is 14.6 Å². The van der Waals surface area contributed by atoms with Crippen molar-refractivity contribution in [2.75, 3.05) is 6.61 Å². The van der Waals surface area contributed by atoms with Gasteiger partial charge in [0.1, 0.15) is 22.8 Å². The summed E-state index contributed by atoms with van der Waals surface area (Å²) in [4.78, 5) is 0. The van der Waals surface area contributed by atoms with E-state index in [-0.39, 0.29) is 11.5 Å². The third-order valence-corrected chi connectivity index (χ3v) is 4.53. The molecule has 2 heterocycles. The molecule has 0 saturated heterocycles. The van der Waals surface area contributed by atoms with Gasteiger partial charge in [-0.2, -0.15) is 0 Å². The molecule has 23 heavy (non-hydrogen) atoms. The quantitative estimate of drug-likeness (QED) is 0.854. The second kappa shape index (κ2) is 5.05. The number of ether oxygens (including phenoxy) is 2. The molecule has 2 aromatic carbocycles. The van der Waals surface area contributed by atoms with Gasteiger partial charge in [-0.05, 0) is 50.1 Å². The van der Waals surface area contributed by atoms with Crippen LogP contribution >= 0.6 is 0 Å². The first-order chi connectivity index (χ1) is 11.0. The summed E-state index contributed by atoms with van der Waals surface area (Å²) >= 11 is 0. The second-order valence-corrected chi connectivity index (χ2v) is 6.78. The number of phenols is 1. The van der Waals surface area contributed by atoms with Gasteiger partial charge in [0.2, 0.25) is 0 Å². The summed E-state index contributed by atoms with van der Waals surface area (Å²) in [6.45, 7) is 4.65. The zero-order valence-corrected chi connectivity index (χ0v) is 13.4. The summed E-state index contributed by atoms with van der Waals surface area (Å²) in [5.74, 6) is 2.30. The van der Waals surface area contributed by atoms with E-state index in [4.69, 9.17) is 9.47 Å². The van der Waals surface area contributed by atoms with Gasteiger partial charge in [0.15, 0.2) is 0 Å². The van der Waals surface area contributed by atoms with Gasteiger partial charge in [0, 0.05) is 11.5 Å². The van der Waals surface area contributed by atoms with E-state index in [2.05, 4.69) is 18.2 Å². The van der Waals surface area contributed by atoms with Crippen molar-refractivity contribution >= 4 is 6.08 Å². The first-order valence-electron chi connectivity index (χ1n) is 7.98. The molecule has 0 saturated carbocycles. The molecule has 0 amide bonds. The lowest BCUT2D eigenvalue weighted by molar-refractivity contribution is 0.157. The van der Waals surface area contributed by atoms with Crippen LogP contribution in [0.25, 0.3) is 6.08 Å². The third-order valence-electron chi connectivity index (χ3n) is 4.53. The van der Waals surface area contributed by atoms with Crippen molar-refractivity contribution in [2.24, 2.45) is 0 Å². The molecule has 0 spiro atoms. The molecule has 2 aliphatic heterocycles. The maximum Gasteiger partial charge on any atom is 0.133 e. The Morgan fingerprint density at radius 3 is 2.78 bits per heavy atom. The Kier molecular flexibility index (Phi) is 3.12. The fraction of sp³-hybridized carbons (Fsp3) is 0.300. The van der Waals surface area contributed by atoms with Crippen molar-refractivity contribution in [3.05, 3.63) is 59.2 Å². The van der Waals surface area contributed by atoms with E-state index in [0.29, 0.717) is 12.4 Å². The molecule has 118 valence electrons. The number of aromatic hydroxyl groups is 1. The number of hydrogen-bond acceptors (Lipinski definition) is 3. The summed E-state index contributed by atoms with van der Waals surface area (Å²) in [6.07, 6.45) is 5.02. The van der Waals surface area contributed by atoms with Crippen molar-refractivity contribution in [1.29, 1.82) is 0 Å². The van der Waals surface area contributed by atoms with Crippen molar-refractivity contribution in [3.63, 3.8) is 0 Å². The molecule has 2 aliphatic rings. The standard InChI is InChI=1S/C20H20O3/c1-20(2)10-9-16-18(23-20)8-7-13-11-14(12-22-19(13)16)15-5-3-4-6-17(15)21/h3-10,14,21H,11-12H2,1-2H3. The van der Waals surface area contributed by atoms with Crippen LogP contribution in [0.3, 0.4) is 0 Å². The fourth-order valence-corrected chi connectivity index (χ4v) is 3.35. The summed E-state index contributed by atoms with van der Waals surface area (Å²) in [5.41, 5.74) is 2.85. The molecule has 0 fully saturated rings. The van der Waals surface area contributed by atoms with E-state index in [0.717, 1.165) is 34.6 Å². The molecule has 3 nitrogen and oxygen atoms in total. The molecule has 1 atom stereocenters. The number of fused-ring (bicyclic) bond motifs is 3. The number of hydrogen-bond donors (Lipinski definition) is 1. The number of phenolic OH excluding ortho intramolecular Hbond substituents is 1. The lowest BCUT2D eigenvalue weighted by atomic mass is 9.88. The molecular formula is C20H20O3. The van der Waals surface area contributed by atoms with Gasteiger partial charge < -0.3 is 14.6 Å². The predicted octanol–water partition coefficient (Wildman–Crippen LogP) is 4.30. The van der Waals surface area contributed by atoms with Crippen molar-refractivity contribution in [3.8, 4) is 17.2 Å². The zero-order valence-electron chi connectivity index (χ0n) is 13.4. The lowest BCUT2D eigenvalue weighted by Gasteiger charge is -2.32. The van der Waals surface area contributed by atoms with E-state index in [1.54, 1.807) is 6.07 Å². The Morgan fingerprint density at radius 2 is 1.96 bits per heavy atom. The summed E-state index contributed by atoms with van der Waals surface area (Å²) in [5, 5.41) is 10.1. The van der Waals surface area contributed by atoms with Gasteiger partial charge in [-0.3, -0.25) is 0 Å². The first kappa shape index (κ1) is 14.2. The normalized spacial score (nSPS) is 20.9. The second-order valence-electron chi connectivity index (χ2n) is 6.78. The Morgan fingerprint density at radius 1 is 1.13 bits per heavy atom. The maximum atomic E-state index is 10.1. The van der Waals surface area contributed by atoms with Crippen LogP contribution in [-0.2, 0) is 6.42 Å². The van der Waals surface area contributed by atoms with E-state index in [1.807, 2.05) is 38.1 Å². The molecular weight excluding hydrogens is 288 g/mol. The molecule has 1 unspecified atom stereocenters. The maximum absolute atomic E-state index is 10.1. The minimum Gasteiger partial charge on any atom is -0.508 e. The van der Waals surface area contributed by atoms with Gasteiger partial charge in [-0.1, -0.05) is 24.3 Å². The predicted molar refractivity (Wildman–Crippen MR) is 90.2 cm³/mol. The van der Waals surface area contributed by atoms with Gasteiger partial charge >= 0.3 is 0 Å². The van der Waals surface area contributed by atoms with Gasteiger partial charge in [0.25, 0.3) is 0 Å². The smallest absolute Gasteiger partial charge is 0.133 e. The largest absolute Gasteiger partial charge is 0.508 e. The molecule has 2 aromatic rings. The molecule has 0 bridgehead atoms. The fourth-order valence-electron chi connectivity index (χ4n) is 3.35. The van der Waals surface area contributed by atoms with Crippen molar-refractivity contribution in [2.45, 2.75) is 31.8 Å². The van der Waals surface area contributed by atoms with Crippen LogP contribution in [-0.4, -0.2) is 17.3 Å². The molecule has 0 radical (unpaired) electrons. The summed E-state index contributed by atoms with van der Waals surface area (Å²) < 4.78 is 12.1. The minimum atomic E-state index is -0.283. The van der Waals surface area contributed by atoms with E-state index < -0.39 is 0 Å².